The fourth-order valence-corrected chi connectivity index (χ4v) is 2.19. The highest BCUT2D eigenvalue weighted by atomic mass is 35.5. The number of carbonyl (C=O) groups is 1. The topological polar surface area (TPSA) is 54.0 Å². The fourth-order valence-electron chi connectivity index (χ4n) is 2.03. The summed E-state index contributed by atoms with van der Waals surface area (Å²) in [4.78, 5) is 16.2. The Kier molecular flexibility index (Phi) is 6.25. The first-order valence-corrected chi connectivity index (χ1v) is 8.07. The number of amides is 1. The Morgan fingerprint density at radius 1 is 1.24 bits per heavy atom. The summed E-state index contributed by atoms with van der Waals surface area (Å²) in [7, 11) is 0. The zero-order valence-corrected chi connectivity index (χ0v) is 14.2. The van der Waals surface area contributed by atoms with Gasteiger partial charge in [-0.25, -0.2) is 4.98 Å². The lowest BCUT2D eigenvalue weighted by Crippen LogP contribution is -2.15. The van der Waals surface area contributed by atoms with Crippen molar-refractivity contribution in [3.8, 4) is 0 Å². The molecule has 1 heterocycles. The van der Waals surface area contributed by atoms with E-state index in [0.717, 1.165) is 43.3 Å². The molecule has 25 heavy (non-hydrogen) atoms. The number of unbranched alkanes of at least 4 members (excludes halogenated alkanes) is 1. The normalized spacial score (nSPS) is 11.2. The van der Waals surface area contributed by atoms with Crippen LogP contribution in [0, 0.1) is 0 Å². The summed E-state index contributed by atoms with van der Waals surface area (Å²) in [6, 6.07) is 5.92. The van der Waals surface area contributed by atoms with E-state index in [2.05, 4.69) is 22.5 Å². The molecule has 2 rings (SSSR count). The van der Waals surface area contributed by atoms with Crippen molar-refractivity contribution < 1.29 is 18.0 Å². The van der Waals surface area contributed by atoms with Crippen molar-refractivity contribution in [3.05, 3.63) is 52.8 Å². The summed E-state index contributed by atoms with van der Waals surface area (Å²) < 4.78 is 38.3. The predicted octanol–water partition coefficient (Wildman–Crippen LogP) is 5.22. The third kappa shape index (κ3) is 5.35. The van der Waals surface area contributed by atoms with Crippen molar-refractivity contribution in [2.45, 2.75) is 25.9 Å². The second-order valence-corrected chi connectivity index (χ2v) is 5.77. The van der Waals surface area contributed by atoms with E-state index in [9.17, 15) is 18.0 Å². The number of pyridine rings is 1. The van der Waals surface area contributed by atoms with Crippen LogP contribution in [0.4, 0.5) is 24.5 Å². The maximum atomic E-state index is 12.8. The first-order chi connectivity index (χ1) is 11.8. The summed E-state index contributed by atoms with van der Waals surface area (Å²) in [6.45, 7) is 2.87. The van der Waals surface area contributed by atoms with Crippen molar-refractivity contribution in [1.82, 2.24) is 4.98 Å². The fraction of sp³-hybridized carbons (Fsp3) is 0.294. The highest BCUT2D eigenvalue weighted by molar-refractivity contribution is 6.33. The van der Waals surface area contributed by atoms with Crippen LogP contribution < -0.4 is 10.6 Å². The van der Waals surface area contributed by atoms with Crippen LogP contribution in [0.2, 0.25) is 5.02 Å². The molecule has 0 radical (unpaired) electrons. The van der Waals surface area contributed by atoms with Gasteiger partial charge in [-0.1, -0.05) is 24.9 Å². The van der Waals surface area contributed by atoms with Crippen molar-refractivity contribution in [3.63, 3.8) is 0 Å². The van der Waals surface area contributed by atoms with Crippen LogP contribution in [0.25, 0.3) is 0 Å². The molecule has 0 bridgehead atoms. The second kappa shape index (κ2) is 8.20. The van der Waals surface area contributed by atoms with Crippen LogP contribution >= 0.6 is 11.6 Å². The molecule has 0 aliphatic carbocycles. The average Bonchev–Trinajstić information content (AvgIpc) is 2.56. The zero-order valence-electron chi connectivity index (χ0n) is 13.5. The minimum atomic E-state index is -4.52. The number of nitrogens with zero attached hydrogens (tertiary/aromatic N) is 1. The molecule has 0 aliphatic heterocycles. The third-order valence-corrected chi connectivity index (χ3v) is 3.73. The highest BCUT2D eigenvalue weighted by Gasteiger charge is 2.31. The monoisotopic (exact) mass is 371 g/mol. The van der Waals surface area contributed by atoms with E-state index < -0.39 is 17.6 Å². The van der Waals surface area contributed by atoms with Gasteiger partial charge in [0.25, 0.3) is 5.91 Å². The average molecular weight is 372 g/mol. The number of hydrogen-bond donors (Lipinski definition) is 2. The van der Waals surface area contributed by atoms with Crippen molar-refractivity contribution in [1.29, 1.82) is 0 Å². The van der Waals surface area contributed by atoms with Crippen LogP contribution in [0.3, 0.4) is 0 Å². The summed E-state index contributed by atoms with van der Waals surface area (Å²) in [5.74, 6) is -0.638. The number of aromatic nitrogens is 1. The zero-order chi connectivity index (χ0) is 18.4. The number of anilines is 2. The Morgan fingerprint density at radius 3 is 2.60 bits per heavy atom. The van der Waals surface area contributed by atoms with Crippen molar-refractivity contribution >= 4 is 28.9 Å². The smallest absolute Gasteiger partial charge is 0.384 e. The number of carbonyl (C=O) groups excluding carboxylic acids is 1. The van der Waals surface area contributed by atoms with Gasteiger partial charge in [0.2, 0.25) is 0 Å². The Morgan fingerprint density at radius 2 is 2.00 bits per heavy atom. The van der Waals surface area contributed by atoms with Gasteiger partial charge in [0.15, 0.2) is 0 Å². The van der Waals surface area contributed by atoms with Crippen LogP contribution in [-0.2, 0) is 6.18 Å². The standard InChI is InChI=1S/C17H17ClF3N3O/c1-2-3-8-22-12-5-7-14(23-10-12)16(25)24-15-9-11(17(19,20)21)4-6-13(15)18/h4-7,9-10,22H,2-3,8H2,1H3,(H,24,25). The number of nitrogens with one attached hydrogen (secondary N) is 2. The predicted molar refractivity (Wildman–Crippen MR) is 92.0 cm³/mol. The van der Waals surface area contributed by atoms with E-state index in [-0.39, 0.29) is 16.4 Å². The number of hydrogen-bond acceptors (Lipinski definition) is 3. The largest absolute Gasteiger partial charge is 0.416 e. The van der Waals surface area contributed by atoms with Gasteiger partial charge in [-0.05, 0) is 36.8 Å². The van der Waals surface area contributed by atoms with Crippen LogP contribution in [0.1, 0.15) is 35.8 Å². The van der Waals surface area contributed by atoms with Gasteiger partial charge in [0.05, 0.1) is 28.2 Å². The molecular weight excluding hydrogens is 355 g/mol. The minimum absolute atomic E-state index is 0.0132. The van der Waals surface area contributed by atoms with E-state index in [1.165, 1.54) is 12.3 Å². The molecule has 0 unspecified atom stereocenters. The molecule has 0 saturated carbocycles. The van der Waals surface area contributed by atoms with E-state index >= 15 is 0 Å². The SMILES string of the molecule is CCCCNc1ccc(C(=O)Nc2cc(C(F)(F)F)ccc2Cl)nc1. The van der Waals surface area contributed by atoms with Gasteiger partial charge in [-0.2, -0.15) is 13.2 Å². The molecule has 0 fully saturated rings. The summed E-state index contributed by atoms with van der Waals surface area (Å²) >= 11 is 5.86. The molecule has 2 aromatic rings. The lowest BCUT2D eigenvalue weighted by Gasteiger charge is -2.11. The molecule has 0 atom stereocenters. The van der Waals surface area contributed by atoms with Crippen molar-refractivity contribution in [2.75, 3.05) is 17.2 Å². The molecule has 8 heteroatoms. The van der Waals surface area contributed by atoms with E-state index in [1.54, 1.807) is 6.07 Å². The molecule has 134 valence electrons. The van der Waals surface area contributed by atoms with Gasteiger partial charge in [-0.15, -0.1) is 0 Å². The van der Waals surface area contributed by atoms with Crippen molar-refractivity contribution in [2.24, 2.45) is 0 Å². The Labute approximate surface area is 148 Å². The van der Waals surface area contributed by atoms with Gasteiger partial charge >= 0.3 is 6.18 Å². The van der Waals surface area contributed by atoms with E-state index in [4.69, 9.17) is 11.6 Å². The molecule has 1 aromatic heterocycles. The second-order valence-electron chi connectivity index (χ2n) is 5.36. The maximum absolute atomic E-state index is 12.8. The summed E-state index contributed by atoms with van der Waals surface area (Å²) in [5, 5.41) is 5.52. The molecule has 2 N–H and O–H groups in total. The number of rotatable bonds is 6. The molecule has 1 amide bonds. The van der Waals surface area contributed by atoms with E-state index in [0.29, 0.717) is 0 Å². The van der Waals surface area contributed by atoms with Gasteiger partial charge in [0, 0.05) is 6.54 Å². The van der Waals surface area contributed by atoms with Crippen LogP contribution in [0.15, 0.2) is 36.5 Å². The first-order valence-electron chi connectivity index (χ1n) is 7.69. The maximum Gasteiger partial charge on any atom is 0.416 e. The first kappa shape index (κ1) is 19.1. The molecule has 1 aromatic carbocycles. The molecule has 0 spiro atoms. The quantitative estimate of drug-likeness (QED) is 0.684. The lowest BCUT2D eigenvalue weighted by molar-refractivity contribution is -0.137. The van der Waals surface area contributed by atoms with E-state index in [1.807, 2.05) is 0 Å². The number of alkyl halides is 3. The van der Waals surface area contributed by atoms with Crippen LogP contribution in [-0.4, -0.2) is 17.4 Å². The molecule has 4 nitrogen and oxygen atoms in total. The van der Waals surface area contributed by atoms with Crippen LogP contribution in [0.5, 0.6) is 0 Å². The number of benzene rings is 1. The minimum Gasteiger partial charge on any atom is -0.384 e. The third-order valence-electron chi connectivity index (χ3n) is 3.40. The Bertz CT molecular complexity index is 733. The van der Waals surface area contributed by atoms with Gasteiger partial charge in [-0.3, -0.25) is 4.79 Å². The van der Waals surface area contributed by atoms with Gasteiger partial charge in [0.1, 0.15) is 5.69 Å². The molecule has 0 aliphatic rings. The highest BCUT2D eigenvalue weighted by Crippen LogP contribution is 2.33. The lowest BCUT2D eigenvalue weighted by atomic mass is 10.2. The Balaban J connectivity index is 2.09. The summed E-state index contributed by atoms with van der Waals surface area (Å²) in [5.41, 5.74) is -0.166. The number of halogens is 4. The van der Waals surface area contributed by atoms with Gasteiger partial charge < -0.3 is 10.6 Å². The summed E-state index contributed by atoms with van der Waals surface area (Å²) in [6.07, 6.45) is -0.957. The molecule has 0 saturated heterocycles. The molecular formula is C17H17ClF3N3O. The Hall–Kier alpha value is -2.28.